The average Bonchev–Trinajstić information content (AvgIpc) is 2.84. The van der Waals surface area contributed by atoms with Crippen molar-refractivity contribution in [1.82, 2.24) is 9.97 Å². The van der Waals surface area contributed by atoms with Gasteiger partial charge in [-0.3, -0.25) is 0 Å². The van der Waals surface area contributed by atoms with Crippen molar-refractivity contribution in [2.75, 3.05) is 32.3 Å². The Bertz CT molecular complexity index is 753. The van der Waals surface area contributed by atoms with E-state index in [1.165, 1.54) is 0 Å². The zero-order valence-corrected chi connectivity index (χ0v) is 11.5. The van der Waals surface area contributed by atoms with Gasteiger partial charge in [0.25, 0.3) is 0 Å². The van der Waals surface area contributed by atoms with Crippen LogP contribution in [-0.4, -0.2) is 37.3 Å². The van der Waals surface area contributed by atoms with Crippen molar-refractivity contribution >= 4 is 27.6 Å². The standard InChI is InChI=1S/C15H16FN3O/c1-19(8-7-16)10-3-4-11-13(9-10)17-12-5-6-14(20-2)18-15(11)12/h3-6,9,17H,7-8H2,1-2H3. The number of methoxy groups -OCH3 is 1. The lowest BCUT2D eigenvalue weighted by Crippen LogP contribution is -2.19. The number of ether oxygens (including phenoxy) is 1. The Balaban J connectivity index is 2.13. The third-order valence-electron chi connectivity index (χ3n) is 3.47. The molecule has 0 amide bonds. The number of hydrogen-bond donors (Lipinski definition) is 1. The first-order chi connectivity index (χ1) is 9.72. The molecule has 2 heterocycles. The van der Waals surface area contributed by atoms with E-state index in [2.05, 4.69) is 9.97 Å². The van der Waals surface area contributed by atoms with Crippen LogP contribution in [0.25, 0.3) is 21.9 Å². The van der Waals surface area contributed by atoms with Crippen molar-refractivity contribution in [2.45, 2.75) is 0 Å². The summed E-state index contributed by atoms with van der Waals surface area (Å²) in [6.07, 6.45) is 0. The molecule has 0 atom stereocenters. The van der Waals surface area contributed by atoms with Gasteiger partial charge in [0.1, 0.15) is 6.67 Å². The second-order valence-corrected chi connectivity index (χ2v) is 4.72. The molecule has 0 fully saturated rings. The molecule has 3 aromatic rings. The summed E-state index contributed by atoms with van der Waals surface area (Å²) in [5.74, 6) is 0.594. The first-order valence-corrected chi connectivity index (χ1v) is 6.46. The molecule has 0 spiro atoms. The zero-order valence-electron chi connectivity index (χ0n) is 11.5. The maximum atomic E-state index is 12.4. The van der Waals surface area contributed by atoms with E-state index in [4.69, 9.17) is 4.74 Å². The van der Waals surface area contributed by atoms with Gasteiger partial charge in [-0.2, -0.15) is 0 Å². The molecule has 0 aliphatic heterocycles. The average molecular weight is 273 g/mol. The normalized spacial score (nSPS) is 11.2. The predicted octanol–water partition coefficient (Wildman–Crippen LogP) is 3.13. The van der Waals surface area contributed by atoms with Gasteiger partial charge in [0, 0.05) is 30.7 Å². The fraction of sp³-hybridized carbons (Fsp3) is 0.267. The van der Waals surface area contributed by atoms with Gasteiger partial charge < -0.3 is 14.6 Å². The van der Waals surface area contributed by atoms with Gasteiger partial charge >= 0.3 is 0 Å². The Kier molecular flexibility index (Phi) is 3.18. The van der Waals surface area contributed by atoms with Gasteiger partial charge in [0.2, 0.25) is 5.88 Å². The van der Waals surface area contributed by atoms with Crippen LogP contribution in [0.15, 0.2) is 30.3 Å². The summed E-state index contributed by atoms with van der Waals surface area (Å²) in [4.78, 5) is 9.68. The molecule has 2 aromatic heterocycles. The van der Waals surface area contributed by atoms with E-state index in [0.29, 0.717) is 12.4 Å². The summed E-state index contributed by atoms with van der Waals surface area (Å²) in [6, 6.07) is 9.77. The molecular formula is C15H16FN3O. The molecule has 5 heteroatoms. The minimum atomic E-state index is -0.361. The fourth-order valence-electron chi connectivity index (χ4n) is 2.34. The summed E-state index contributed by atoms with van der Waals surface area (Å²) in [6.45, 7) is 0.0256. The Labute approximate surface area is 116 Å². The quantitative estimate of drug-likeness (QED) is 0.794. The molecule has 0 aliphatic rings. The Morgan fingerprint density at radius 1 is 1.25 bits per heavy atom. The van der Waals surface area contributed by atoms with Crippen LogP contribution >= 0.6 is 0 Å². The number of nitrogens with zero attached hydrogens (tertiary/aromatic N) is 2. The van der Waals surface area contributed by atoms with Crippen LogP contribution in [-0.2, 0) is 0 Å². The number of halogens is 1. The molecule has 0 radical (unpaired) electrons. The van der Waals surface area contributed by atoms with Crippen molar-refractivity contribution in [1.29, 1.82) is 0 Å². The highest BCUT2D eigenvalue weighted by atomic mass is 19.1. The SMILES string of the molecule is COc1ccc2[nH]c3cc(N(C)CCF)ccc3c2n1. The molecule has 0 bridgehead atoms. The van der Waals surface area contributed by atoms with Crippen molar-refractivity contribution in [3.63, 3.8) is 0 Å². The van der Waals surface area contributed by atoms with Gasteiger partial charge in [-0.15, -0.1) is 0 Å². The summed E-state index contributed by atoms with van der Waals surface area (Å²) >= 11 is 0. The number of rotatable bonds is 4. The maximum Gasteiger partial charge on any atom is 0.213 e. The number of anilines is 1. The predicted molar refractivity (Wildman–Crippen MR) is 79.4 cm³/mol. The number of hydrogen-bond acceptors (Lipinski definition) is 3. The van der Waals surface area contributed by atoms with Crippen molar-refractivity contribution in [3.05, 3.63) is 30.3 Å². The topological polar surface area (TPSA) is 41.1 Å². The van der Waals surface area contributed by atoms with Crippen LogP contribution in [0.5, 0.6) is 5.88 Å². The third kappa shape index (κ3) is 2.05. The number of nitrogens with one attached hydrogen (secondary N) is 1. The number of alkyl halides is 1. The van der Waals surface area contributed by atoms with Crippen LogP contribution in [0.3, 0.4) is 0 Å². The lowest BCUT2D eigenvalue weighted by atomic mass is 10.2. The highest BCUT2D eigenvalue weighted by molar-refractivity contribution is 6.05. The van der Waals surface area contributed by atoms with Gasteiger partial charge in [-0.1, -0.05) is 0 Å². The van der Waals surface area contributed by atoms with Crippen molar-refractivity contribution in [3.8, 4) is 5.88 Å². The molecule has 0 aliphatic carbocycles. The Hall–Kier alpha value is -2.30. The number of H-pyrrole nitrogens is 1. The minimum absolute atomic E-state index is 0.361. The van der Waals surface area contributed by atoms with Crippen molar-refractivity contribution in [2.24, 2.45) is 0 Å². The molecule has 0 saturated heterocycles. The van der Waals surface area contributed by atoms with Gasteiger partial charge in [-0.05, 0) is 24.3 Å². The number of aromatic nitrogens is 2. The van der Waals surface area contributed by atoms with Gasteiger partial charge in [0.05, 0.1) is 23.7 Å². The lowest BCUT2D eigenvalue weighted by molar-refractivity contribution is 0.399. The van der Waals surface area contributed by atoms with Crippen molar-refractivity contribution < 1.29 is 9.13 Å². The highest BCUT2D eigenvalue weighted by Crippen LogP contribution is 2.28. The fourth-order valence-corrected chi connectivity index (χ4v) is 2.34. The second kappa shape index (κ2) is 5.00. The van der Waals surface area contributed by atoms with Crippen LogP contribution < -0.4 is 9.64 Å². The molecule has 0 unspecified atom stereocenters. The summed E-state index contributed by atoms with van der Waals surface area (Å²) in [7, 11) is 3.48. The lowest BCUT2D eigenvalue weighted by Gasteiger charge is -2.17. The molecule has 1 aromatic carbocycles. The molecule has 3 rings (SSSR count). The van der Waals surface area contributed by atoms with E-state index in [9.17, 15) is 4.39 Å². The van der Waals surface area contributed by atoms with E-state index in [1.807, 2.05) is 42.3 Å². The third-order valence-corrected chi connectivity index (χ3v) is 3.47. The number of fused-ring (bicyclic) bond motifs is 3. The van der Waals surface area contributed by atoms with E-state index in [0.717, 1.165) is 27.6 Å². The highest BCUT2D eigenvalue weighted by Gasteiger charge is 2.09. The van der Waals surface area contributed by atoms with Crippen LogP contribution in [0.4, 0.5) is 10.1 Å². The van der Waals surface area contributed by atoms with E-state index < -0.39 is 0 Å². The largest absolute Gasteiger partial charge is 0.481 e. The van der Waals surface area contributed by atoms with E-state index in [-0.39, 0.29) is 6.67 Å². The number of pyridine rings is 1. The summed E-state index contributed by atoms with van der Waals surface area (Å²) < 4.78 is 17.6. The Morgan fingerprint density at radius 2 is 2.10 bits per heavy atom. The minimum Gasteiger partial charge on any atom is -0.481 e. The van der Waals surface area contributed by atoms with Gasteiger partial charge in [-0.25, -0.2) is 9.37 Å². The van der Waals surface area contributed by atoms with Gasteiger partial charge in [0.15, 0.2) is 0 Å². The van der Waals surface area contributed by atoms with Crippen LogP contribution in [0.1, 0.15) is 0 Å². The molecular weight excluding hydrogens is 257 g/mol. The first kappa shape index (κ1) is 12.7. The molecule has 104 valence electrons. The molecule has 4 nitrogen and oxygen atoms in total. The Morgan fingerprint density at radius 3 is 2.85 bits per heavy atom. The monoisotopic (exact) mass is 273 g/mol. The first-order valence-electron chi connectivity index (χ1n) is 6.46. The molecule has 1 N–H and O–H groups in total. The van der Waals surface area contributed by atoms with E-state index >= 15 is 0 Å². The second-order valence-electron chi connectivity index (χ2n) is 4.72. The summed E-state index contributed by atoms with van der Waals surface area (Å²) in [5, 5.41) is 1.04. The van der Waals surface area contributed by atoms with Crippen LogP contribution in [0.2, 0.25) is 0 Å². The number of benzene rings is 1. The number of aromatic amines is 1. The van der Waals surface area contributed by atoms with Crippen LogP contribution in [0, 0.1) is 0 Å². The smallest absolute Gasteiger partial charge is 0.213 e. The maximum absolute atomic E-state index is 12.4. The molecule has 20 heavy (non-hydrogen) atoms. The molecule has 0 saturated carbocycles. The van der Waals surface area contributed by atoms with E-state index in [1.54, 1.807) is 7.11 Å². The zero-order chi connectivity index (χ0) is 14.1. The summed E-state index contributed by atoms with van der Waals surface area (Å²) in [5.41, 5.74) is 3.82.